The fourth-order valence-electron chi connectivity index (χ4n) is 2.36. The van der Waals surface area contributed by atoms with Crippen LogP contribution in [0.4, 0.5) is 5.69 Å². The standard InChI is InChI=1S/C14H17ClN2O3/c1-20-14(19)9-4-6-17(7-5-9)13(18)11-3-2-10(16)8-12(11)15/h2-3,8-9H,4-7,16H2,1H3. The van der Waals surface area contributed by atoms with E-state index in [1.165, 1.54) is 7.11 Å². The molecule has 1 aromatic carbocycles. The summed E-state index contributed by atoms with van der Waals surface area (Å²) in [6.45, 7) is 1.05. The molecule has 1 aromatic rings. The van der Waals surface area contributed by atoms with Gasteiger partial charge < -0.3 is 15.4 Å². The van der Waals surface area contributed by atoms with Gasteiger partial charge >= 0.3 is 5.97 Å². The number of rotatable bonds is 2. The van der Waals surface area contributed by atoms with Gasteiger partial charge in [-0.1, -0.05) is 11.6 Å². The maximum Gasteiger partial charge on any atom is 0.308 e. The second kappa shape index (κ2) is 6.13. The van der Waals surface area contributed by atoms with E-state index in [2.05, 4.69) is 0 Å². The van der Waals surface area contributed by atoms with Crippen LogP contribution in [-0.4, -0.2) is 37.0 Å². The summed E-state index contributed by atoms with van der Waals surface area (Å²) < 4.78 is 4.72. The van der Waals surface area contributed by atoms with E-state index in [0.29, 0.717) is 42.2 Å². The van der Waals surface area contributed by atoms with Crippen molar-refractivity contribution in [2.24, 2.45) is 5.92 Å². The number of carbonyl (C=O) groups is 2. The van der Waals surface area contributed by atoms with Gasteiger partial charge in [0.1, 0.15) is 0 Å². The third-order valence-electron chi connectivity index (χ3n) is 3.54. The van der Waals surface area contributed by atoms with Crippen LogP contribution in [-0.2, 0) is 9.53 Å². The third-order valence-corrected chi connectivity index (χ3v) is 3.85. The largest absolute Gasteiger partial charge is 0.469 e. The summed E-state index contributed by atoms with van der Waals surface area (Å²) >= 11 is 6.04. The normalized spacial score (nSPS) is 16.0. The van der Waals surface area contributed by atoms with Crippen LogP contribution < -0.4 is 5.73 Å². The molecule has 1 fully saturated rings. The molecule has 0 radical (unpaired) electrons. The molecule has 1 aliphatic rings. The molecule has 108 valence electrons. The molecule has 0 unspecified atom stereocenters. The number of halogens is 1. The minimum absolute atomic E-state index is 0.120. The molecule has 0 atom stereocenters. The van der Waals surface area contributed by atoms with Crippen molar-refractivity contribution >= 4 is 29.2 Å². The van der Waals surface area contributed by atoms with Gasteiger partial charge in [0.15, 0.2) is 0 Å². The number of nitrogens with two attached hydrogens (primary N) is 1. The van der Waals surface area contributed by atoms with Crippen molar-refractivity contribution in [3.8, 4) is 0 Å². The number of esters is 1. The molecule has 0 spiro atoms. The number of carbonyl (C=O) groups excluding carboxylic acids is 2. The highest BCUT2D eigenvalue weighted by atomic mass is 35.5. The molecule has 6 heteroatoms. The number of anilines is 1. The summed E-state index contributed by atoms with van der Waals surface area (Å²) in [6, 6.07) is 4.85. The quantitative estimate of drug-likeness (QED) is 0.669. The topological polar surface area (TPSA) is 72.6 Å². The van der Waals surface area contributed by atoms with Gasteiger partial charge in [0.25, 0.3) is 5.91 Å². The predicted octanol–water partition coefficient (Wildman–Crippen LogP) is 1.95. The Labute approximate surface area is 122 Å². The van der Waals surface area contributed by atoms with E-state index < -0.39 is 0 Å². The molecule has 2 N–H and O–H groups in total. The van der Waals surface area contributed by atoms with Gasteiger partial charge in [0.2, 0.25) is 0 Å². The van der Waals surface area contributed by atoms with Gasteiger partial charge in [-0.2, -0.15) is 0 Å². The average molecular weight is 297 g/mol. The molecule has 1 aliphatic heterocycles. The Kier molecular flexibility index (Phi) is 4.49. The number of methoxy groups -OCH3 is 1. The van der Waals surface area contributed by atoms with E-state index in [1.54, 1.807) is 23.1 Å². The number of ether oxygens (including phenoxy) is 1. The second-order valence-electron chi connectivity index (χ2n) is 4.83. The van der Waals surface area contributed by atoms with E-state index in [-0.39, 0.29) is 17.8 Å². The molecular weight excluding hydrogens is 280 g/mol. The number of amides is 1. The summed E-state index contributed by atoms with van der Waals surface area (Å²) in [6.07, 6.45) is 1.23. The van der Waals surface area contributed by atoms with Crippen molar-refractivity contribution in [3.63, 3.8) is 0 Å². The summed E-state index contributed by atoms with van der Waals surface area (Å²) in [5.41, 5.74) is 6.58. The lowest BCUT2D eigenvalue weighted by atomic mass is 9.96. The first kappa shape index (κ1) is 14.7. The van der Waals surface area contributed by atoms with Crippen molar-refractivity contribution in [1.29, 1.82) is 0 Å². The Hall–Kier alpha value is -1.75. The van der Waals surface area contributed by atoms with Crippen LogP contribution in [0.5, 0.6) is 0 Å². The maximum atomic E-state index is 12.4. The highest BCUT2D eigenvalue weighted by Crippen LogP contribution is 2.24. The Bertz CT molecular complexity index is 525. The van der Waals surface area contributed by atoms with Crippen molar-refractivity contribution in [2.75, 3.05) is 25.9 Å². The number of nitrogen functional groups attached to an aromatic ring is 1. The first-order chi connectivity index (χ1) is 9.52. The Morgan fingerprint density at radius 1 is 1.35 bits per heavy atom. The van der Waals surface area contributed by atoms with Gasteiger partial charge in [-0.05, 0) is 31.0 Å². The van der Waals surface area contributed by atoms with Crippen molar-refractivity contribution in [3.05, 3.63) is 28.8 Å². The molecule has 1 amide bonds. The van der Waals surface area contributed by atoms with Gasteiger partial charge in [0.05, 0.1) is 23.6 Å². The van der Waals surface area contributed by atoms with Crippen molar-refractivity contribution in [2.45, 2.75) is 12.8 Å². The van der Waals surface area contributed by atoms with E-state index >= 15 is 0 Å². The fourth-order valence-corrected chi connectivity index (χ4v) is 2.63. The fraction of sp³-hybridized carbons (Fsp3) is 0.429. The third kappa shape index (κ3) is 3.04. The molecule has 0 aromatic heterocycles. The number of piperidine rings is 1. The maximum absolute atomic E-state index is 12.4. The second-order valence-corrected chi connectivity index (χ2v) is 5.24. The van der Waals surface area contributed by atoms with Crippen molar-refractivity contribution < 1.29 is 14.3 Å². The highest BCUT2D eigenvalue weighted by Gasteiger charge is 2.28. The number of benzene rings is 1. The number of hydrogen-bond donors (Lipinski definition) is 1. The van der Waals surface area contributed by atoms with E-state index in [4.69, 9.17) is 22.1 Å². The molecule has 1 heterocycles. The minimum atomic E-state index is -0.206. The highest BCUT2D eigenvalue weighted by molar-refractivity contribution is 6.34. The SMILES string of the molecule is COC(=O)C1CCN(C(=O)c2ccc(N)cc2Cl)CC1. The summed E-state index contributed by atoms with van der Waals surface area (Å²) in [7, 11) is 1.38. The minimum Gasteiger partial charge on any atom is -0.469 e. The van der Waals surface area contributed by atoms with E-state index in [0.717, 1.165) is 0 Å². The van der Waals surface area contributed by atoms with E-state index in [9.17, 15) is 9.59 Å². The predicted molar refractivity (Wildman–Crippen MR) is 76.5 cm³/mol. The summed E-state index contributed by atoms with van der Waals surface area (Å²) in [4.78, 5) is 25.5. The molecule has 1 saturated heterocycles. The lowest BCUT2D eigenvalue weighted by molar-refractivity contribution is -0.146. The van der Waals surface area contributed by atoms with Gasteiger partial charge in [-0.25, -0.2) is 0 Å². The van der Waals surface area contributed by atoms with Crippen LogP contribution >= 0.6 is 11.6 Å². The molecule has 0 aliphatic carbocycles. The smallest absolute Gasteiger partial charge is 0.308 e. The zero-order valence-corrected chi connectivity index (χ0v) is 12.0. The molecule has 5 nitrogen and oxygen atoms in total. The number of nitrogens with zero attached hydrogens (tertiary/aromatic N) is 1. The number of likely N-dealkylation sites (tertiary alicyclic amines) is 1. The van der Waals surface area contributed by atoms with Crippen LogP contribution in [0, 0.1) is 5.92 Å². The first-order valence-electron chi connectivity index (χ1n) is 6.45. The molecule has 0 bridgehead atoms. The van der Waals surface area contributed by atoms with Gasteiger partial charge in [-0.15, -0.1) is 0 Å². The Morgan fingerprint density at radius 2 is 2.00 bits per heavy atom. The monoisotopic (exact) mass is 296 g/mol. The van der Waals surface area contributed by atoms with Crippen LogP contribution in [0.2, 0.25) is 5.02 Å². The molecule has 20 heavy (non-hydrogen) atoms. The molecule has 0 saturated carbocycles. The Balaban J connectivity index is 2.03. The lowest BCUT2D eigenvalue weighted by Crippen LogP contribution is -2.40. The van der Waals surface area contributed by atoms with Crippen LogP contribution in [0.25, 0.3) is 0 Å². The first-order valence-corrected chi connectivity index (χ1v) is 6.83. The van der Waals surface area contributed by atoms with Gasteiger partial charge in [0, 0.05) is 18.8 Å². The van der Waals surface area contributed by atoms with Crippen LogP contribution in [0.15, 0.2) is 18.2 Å². The lowest BCUT2D eigenvalue weighted by Gasteiger charge is -2.31. The summed E-state index contributed by atoms with van der Waals surface area (Å²) in [5, 5.41) is 0.352. The number of hydrogen-bond acceptors (Lipinski definition) is 4. The van der Waals surface area contributed by atoms with Crippen LogP contribution in [0.3, 0.4) is 0 Å². The van der Waals surface area contributed by atoms with Crippen LogP contribution in [0.1, 0.15) is 23.2 Å². The summed E-state index contributed by atoms with van der Waals surface area (Å²) in [5.74, 6) is -0.452. The van der Waals surface area contributed by atoms with Gasteiger partial charge in [-0.3, -0.25) is 9.59 Å². The molecular formula is C14H17ClN2O3. The molecule has 2 rings (SSSR count). The zero-order chi connectivity index (χ0) is 14.7. The average Bonchev–Trinajstić information content (AvgIpc) is 2.46. The Morgan fingerprint density at radius 3 is 2.55 bits per heavy atom. The zero-order valence-electron chi connectivity index (χ0n) is 11.3. The van der Waals surface area contributed by atoms with Crippen molar-refractivity contribution in [1.82, 2.24) is 4.90 Å². The van der Waals surface area contributed by atoms with E-state index in [1.807, 2.05) is 0 Å².